The van der Waals surface area contributed by atoms with E-state index in [1.807, 2.05) is 0 Å². The van der Waals surface area contributed by atoms with Crippen LogP contribution < -0.4 is 27.0 Å². The van der Waals surface area contributed by atoms with Gasteiger partial charge < -0.3 is 47.3 Å². The molecule has 0 fully saturated rings. The van der Waals surface area contributed by atoms with Crippen LogP contribution in [0.15, 0.2) is 12.5 Å². The Balaban J connectivity index is 3.03. The number of hydrogen-bond donors (Lipinski definition) is 9. The minimum atomic E-state index is -1.51. The molecule has 0 saturated heterocycles. The Morgan fingerprint density at radius 2 is 1.41 bits per heavy atom. The fraction of sp³-hybridized carbons (Fsp3) is 0.583. The minimum Gasteiger partial charge on any atom is -0.481 e. The number of carbonyl (C=O) groups is 7. The molecule has 41 heavy (non-hydrogen) atoms. The quantitative estimate of drug-likeness (QED) is 0.0882. The van der Waals surface area contributed by atoms with E-state index in [4.69, 9.17) is 15.9 Å². The van der Waals surface area contributed by atoms with Gasteiger partial charge in [-0.1, -0.05) is 13.8 Å². The zero-order valence-electron chi connectivity index (χ0n) is 22.9. The largest absolute Gasteiger partial charge is 0.481 e. The molecule has 5 atom stereocenters. The van der Waals surface area contributed by atoms with Crippen LogP contribution in [-0.2, 0) is 40.0 Å². The molecule has 0 radical (unpaired) electrons. The summed E-state index contributed by atoms with van der Waals surface area (Å²) < 4.78 is 0. The van der Waals surface area contributed by atoms with E-state index < -0.39 is 84.6 Å². The first-order valence-corrected chi connectivity index (χ1v) is 12.7. The van der Waals surface area contributed by atoms with Gasteiger partial charge in [-0.15, -0.1) is 0 Å². The maximum absolute atomic E-state index is 13.2. The van der Waals surface area contributed by atoms with E-state index in [1.165, 1.54) is 19.4 Å². The van der Waals surface area contributed by atoms with Crippen molar-refractivity contribution < 1.29 is 48.9 Å². The minimum absolute atomic E-state index is 0.103. The van der Waals surface area contributed by atoms with Gasteiger partial charge >= 0.3 is 17.9 Å². The average molecular weight is 584 g/mol. The Bertz CT molecular complexity index is 1090. The highest BCUT2D eigenvalue weighted by Gasteiger charge is 2.31. The molecular weight excluding hydrogens is 546 g/mol. The van der Waals surface area contributed by atoms with Gasteiger partial charge in [0.1, 0.15) is 24.2 Å². The van der Waals surface area contributed by atoms with Crippen LogP contribution >= 0.6 is 0 Å². The van der Waals surface area contributed by atoms with E-state index in [1.54, 1.807) is 13.8 Å². The Morgan fingerprint density at radius 1 is 0.829 bits per heavy atom. The van der Waals surface area contributed by atoms with Crippen molar-refractivity contribution in [2.75, 3.05) is 0 Å². The van der Waals surface area contributed by atoms with Crippen molar-refractivity contribution in [3.63, 3.8) is 0 Å². The predicted octanol–water partition coefficient (Wildman–Crippen LogP) is -2.29. The van der Waals surface area contributed by atoms with E-state index in [-0.39, 0.29) is 25.2 Å². The molecule has 0 aliphatic heterocycles. The number of H-pyrrole nitrogens is 1. The molecule has 1 aromatic heterocycles. The molecule has 0 spiro atoms. The van der Waals surface area contributed by atoms with Gasteiger partial charge in [0.05, 0.1) is 18.8 Å². The van der Waals surface area contributed by atoms with Gasteiger partial charge in [-0.25, -0.2) is 9.78 Å². The fourth-order valence-electron chi connectivity index (χ4n) is 3.56. The van der Waals surface area contributed by atoms with Crippen LogP contribution in [0.5, 0.6) is 0 Å². The lowest BCUT2D eigenvalue weighted by Gasteiger charge is -2.26. The predicted molar refractivity (Wildman–Crippen MR) is 140 cm³/mol. The summed E-state index contributed by atoms with van der Waals surface area (Å²) >= 11 is 0. The van der Waals surface area contributed by atoms with Crippen molar-refractivity contribution >= 4 is 41.5 Å². The molecule has 1 rings (SSSR count). The lowest BCUT2D eigenvalue weighted by molar-refractivity contribution is -0.143. The van der Waals surface area contributed by atoms with Crippen LogP contribution in [-0.4, -0.2) is 97.0 Å². The third-order valence-corrected chi connectivity index (χ3v) is 5.70. The molecule has 1 aromatic rings. The Kier molecular flexibility index (Phi) is 13.9. The van der Waals surface area contributed by atoms with E-state index in [9.17, 15) is 38.7 Å². The third kappa shape index (κ3) is 12.9. The second-order valence-corrected chi connectivity index (χ2v) is 9.80. The van der Waals surface area contributed by atoms with E-state index >= 15 is 0 Å². The molecule has 0 saturated carbocycles. The van der Waals surface area contributed by atoms with Gasteiger partial charge in [-0.2, -0.15) is 0 Å². The Hall–Kier alpha value is -4.54. The number of hydrogen-bond acceptors (Lipinski definition) is 9. The Morgan fingerprint density at radius 3 is 1.93 bits per heavy atom. The lowest BCUT2D eigenvalue weighted by atomic mass is 10.0. The van der Waals surface area contributed by atoms with Gasteiger partial charge in [-0.3, -0.25) is 28.8 Å². The molecule has 1 heterocycles. The number of aromatic nitrogens is 2. The molecule has 0 unspecified atom stereocenters. The second kappa shape index (κ2) is 16.5. The van der Waals surface area contributed by atoms with Crippen molar-refractivity contribution in [2.24, 2.45) is 11.7 Å². The van der Waals surface area contributed by atoms with Gasteiger partial charge in [0.2, 0.25) is 23.6 Å². The van der Waals surface area contributed by atoms with Crippen LogP contribution in [0, 0.1) is 5.92 Å². The van der Waals surface area contributed by atoms with Crippen molar-refractivity contribution in [3.8, 4) is 0 Å². The van der Waals surface area contributed by atoms with Gasteiger partial charge in [0.25, 0.3) is 0 Å². The number of carboxylic acid groups (broad SMARTS) is 3. The monoisotopic (exact) mass is 583 g/mol. The normalized spacial score (nSPS) is 14.6. The molecule has 0 bridgehead atoms. The molecule has 0 aliphatic carbocycles. The summed E-state index contributed by atoms with van der Waals surface area (Å²) in [5, 5.41) is 36.4. The zero-order chi connectivity index (χ0) is 31.3. The fourth-order valence-corrected chi connectivity index (χ4v) is 3.56. The van der Waals surface area contributed by atoms with Crippen molar-refractivity contribution in [3.05, 3.63) is 18.2 Å². The maximum Gasteiger partial charge on any atom is 0.326 e. The van der Waals surface area contributed by atoms with Crippen LogP contribution in [0.2, 0.25) is 0 Å². The number of nitrogens with zero attached hydrogens (tertiary/aromatic N) is 1. The van der Waals surface area contributed by atoms with Crippen LogP contribution in [0.25, 0.3) is 0 Å². The summed E-state index contributed by atoms with van der Waals surface area (Å²) in [6, 6.07) is -6.67. The summed E-state index contributed by atoms with van der Waals surface area (Å²) in [4.78, 5) is 91.0. The number of nitrogens with two attached hydrogens (primary N) is 1. The van der Waals surface area contributed by atoms with Gasteiger partial charge in [0, 0.05) is 24.7 Å². The molecule has 4 amide bonds. The summed E-state index contributed by atoms with van der Waals surface area (Å²) in [5.74, 6) is -7.48. The lowest BCUT2D eigenvalue weighted by Crippen LogP contribution is -2.58. The summed E-state index contributed by atoms with van der Waals surface area (Å²) in [6.45, 7) is 4.82. The highest BCUT2D eigenvalue weighted by Crippen LogP contribution is 2.08. The van der Waals surface area contributed by atoms with Gasteiger partial charge in [0.15, 0.2) is 0 Å². The summed E-state index contributed by atoms with van der Waals surface area (Å²) in [5.41, 5.74) is 6.04. The van der Waals surface area contributed by atoms with Crippen molar-refractivity contribution in [1.29, 1.82) is 0 Å². The number of rotatable bonds is 18. The highest BCUT2D eigenvalue weighted by molar-refractivity contribution is 5.95. The van der Waals surface area contributed by atoms with Gasteiger partial charge in [-0.05, 0) is 25.7 Å². The number of carbonyl (C=O) groups excluding carboxylic acids is 4. The SMILES string of the molecule is CC(C)C[C@H](NC(=O)[C@@H](N)CC(=O)O)C(=O)N[C@@H](Cc1cnc[nH]1)C(=O)N[C@@H](C)C(=O)N[C@@H](CCC(=O)O)C(=O)O. The number of nitrogens with one attached hydrogen (secondary N) is 5. The first-order chi connectivity index (χ1) is 19.1. The van der Waals surface area contributed by atoms with E-state index in [0.29, 0.717) is 5.69 Å². The highest BCUT2D eigenvalue weighted by atomic mass is 16.4. The zero-order valence-corrected chi connectivity index (χ0v) is 22.9. The van der Waals surface area contributed by atoms with Crippen LogP contribution in [0.1, 0.15) is 52.1 Å². The molecular formula is C24H37N7O10. The van der Waals surface area contributed by atoms with Crippen molar-refractivity contribution in [1.82, 2.24) is 31.2 Å². The first-order valence-electron chi connectivity index (χ1n) is 12.7. The van der Waals surface area contributed by atoms with Crippen LogP contribution in [0.4, 0.5) is 0 Å². The Labute approximate surface area is 235 Å². The average Bonchev–Trinajstić information content (AvgIpc) is 3.37. The maximum atomic E-state index is 13.2. The number of amides is 4. The van der Waals surface area contributed by atoms with E-state index in [0.717, 1.165) is 0 Å². The smallest absolute Gasteiger partial charge is 0.326 e. The molecule has 17 heteroatoms. The summed E-state index contributed by atoms with van der Waals surface area (Å²) in [6.07, 6.45) is 1.22. The van der Waals surface area contributed by atoms with Crippen molar-refractivity contribution in [2.45, 2.75) is 83.1 Å². The second-order valence-electron chi connectivity index (χ2n) is 9.80. The summed E-state index contributed by atoms with van der Waals surface area (Å²) in [7, 11) is 0. The third-order valence-electron chi connectivity index (χ3n) is 5.70. The standard InChI is InChI=1S/C24H37N7O10/c1-11(2)6-16(30-21(37)14(25)8-19(34)35)23(39)31-17(7-13-9-26-10-27-13)22(38)28-12(3)20(36)29-15(24(40)41)4-5-18(32)33/h9-12,14-17H,4-8,25H2,1-3H3,(H,26,27)(H,28,38)(H,29,36)(H,30,37)(H,31,39)(H,32,33)(H,34,35)(H,40,41)/t12-,14-,15-,16-,17-/m0/s1. The molecule has 0 aliphatic rings. The molecule has 10 N–H and O–H groups in total. The van der Waals surface area contributed by atoms with E-state index in [2.05, 4.69) is 31.2 Å². The molecule has 17 nitrogen and oxygen atoms in total. The number of carboxylic acids is 3. The first kappa shape index (κ1) is 34.5. The number of aromatic amines is 1. The topological polar surface area (TPSA) is 283 Å². The molecule has 228 valence electrons. The molecule has 0 aromatic carbocycles. The van der Waals surface area contributed by atoms with Crippen LogP contribution in [0.3, 0.4) is 0 Å². The number of imidazole rings is 1. The number of aliphatic carboxylic acids is 3.